The Morgan fingerprint density at radius 2 is 2.06 bits per heavy atom. The molecule has 0 saturated carbocycles. The van der Waals surface area contributed by atoms with E-state index >= 15 is 0 Å². The summed E-state index contributed by atoms with van der Waals surface area (Å²) in [7, 11) is 0. The second-order valence-corrected chi connectivity index (χ2v) is 8.49. The summed E-state index contributed by atoms with van der Waals surface area (Å²) in [5, 5.41) is 4.24. The molecule has 1 aromatic heterocycles. The van der Waals surface area contributed by atoms with Gasteiger partial charge in [-0.05, 0) is 60.9 Å². The number of ether oxygens (including phenoxy) is 1. The van der Waals surface area contributed by atoms with Crippen LogP contribution in [-0.4, -0.2) is 34.3 Å². The van der Waals surface area contributed by atoms with E-state index in [1.807, 2.05) is 33.7 Å². The highest BCUT2D eigenvalue weighted by Crippen LogP contribution is 2.35. The van der Waals surface area contributed by atoms with Crippen molar-refractivity contribution in [3.05, 3.63) is 90.0 Å². The monoisotopic (exact) mass is 459 g/mol. The lowest BCUT2D eigenvalue weighted by molar-refractivity contribution is -0.127. The number of amides is 1. The number of nitrogens with zero attached hydrogens (tertiary/aromatic N) is 3. The predicted octanol–water partition coefficient (Wildman–Crippen LogP) is 4.02. The minimum absolute atomic E-state index is 0.0360. The molecule has 5 rings (SSSR count). The molecule has 0 radical (unpaired) electrons. The zero-order valence-corrected chi connectivity index (χ0v) is 18.7. The average molecular weight is 460 g/mol. The van der Waals surface area contributed by atoms with Crippen LogP contribution < -0.4 is 15.9 Å². The molecular formula is C26H26FN5O2. The van der Waals surface area contributed by atoms with Crippen LogP contribution in [0.5, 0.6) is 11.5 Å². The molecule has 2 aromatic carbocycles. The number of fused-ring (bicyclic) bond motifs is 1. The third-order valence-electron chi connectivity index (χ3n) is 6.34. The summed E-state index contributed by atoms with van der Waals surface area (Å²) in [5.74, 6) is 1.28. The first-order valence-corrected chi connectivity index (χ1v) is 11.3. The highest BCUT2D eigenvalue weighted by atomic mass is 19.1. The summed E-state index contributed by atoms with van der Waals surface area (Å²) in [6, 6.07) is 13.6. The second kappa shape index (κ2) is 9.05. The second-order valence-electron chi connectivity index (χ2n) is 8.49. The van der Waals surface area contributed by atoms with Gasteiger partial charge in [-0.25, -0.2) is 4.39 Å². The van der Waals surface area contributed by atoms with Crippen LogP contribution in [0.3, 0.4) is 0 Å². The van der Waals surface area contributed by atoms with Gasteiger partial charge in [-0.3, -0.25) is 4.79 Å². The zero-order valence-electron chi connectivity index (χ0n) is 18.7. The molecule has 3 heterocycles. The van der Waals surface area contributed by atoms with E-state index in [2.05, 4.69) is 23.3 Å². The number of rotatable bonds is 5. The molecule has 3 N–H and O–H groups in total. The first-order chi connectivity index (χ1) is 16.5. The Kier molecular flexibility index (Phi) is 5.79. The van der Waals surface area contributed by atoms with Crippen molar-refractivity contribution in [1.82, 2.24) is 14.9 Å². The molecule has 2 aliphatic heterocycles. The lowest BCUT2D eigenvalue weighted by atomic mass is 9.89. The predicted molar refractivity (Wildman–Crippen MR) is 129 cm³/mol. The Hall–Kier alpha value is -4.07. The van der Waals surface area contributed by atoms with E-state index in [1.54, 1.807) is 12.1 Å². The summed E-state index contributed by atoms with van der Waals surface area (Å²) in [6.45, 7) is 5.60. The van der Waals surface area contributed by atoms with E-state index in [0.29, 0.717) is 30.4 Å². The van der Waals surface area contributed by atoms with Crippen molar-refractivity contribution in [1.29, 1.82) is 0 Å². The fourth-order valence-electron chi connectivity index (χ4n) is 4.74. The van der Waals surface area contributed by atoms with Crippen LogP contribution in [0.25, 0.3) is 5.69 Å². The van der Waals surface area contributed by atoms with Crippen LogP contribution in [0.4, 0.5) is 4.39 Å². The maximum atomic E-state index is 13.5. The van der Waals surface area contributed by atoms with Gasteiger partial charge in [0.1, 0.15) is 17.3 Å². The van der Waals surface area contributed by atoms with Crippen LogP contribution in [0.1, 0.15) is 35.6 Å². The minimum atomic E-state index is -0.347. The van der Waals surface area contributed by atoms with Gasteiger partial charge in [-0.2, -0.15) is 5.10 Å². The number of halogens is 1. The highest BCUT2D eigenvalue weighted by Gasteiger charge is 2.30. The van der Waals surface area contributed by atoms with Gasteiger partial charge in [-0.1, -0.05) is 12.6 Å². The molecule has 1 fully saturated rings. The molecule has 1 amide bonds. The van der Waals surface area contributed by atoms with Crippen molar-refractivity contribution in [2.45, 2.75) is 25.3 Å². The minimum Gasteiger partial charge on any atom is -0.457 e. The van der Waals surface area contributed by atoms with Crippen molar-refractivity contribution in [3.63, 3.8) is 0 Å². The van der Waals surface area contributed by atoms with Crippen LogP contribution in [0.2, 0.25) is 0 Å². The first kappa shape index (κ1) is 21.8. The standard InChI is InChI=1S/C26H26FN5O2/c1-2-24(33)31-12-4-5-17(15-31)23-16-32(25-22(23)14-29-30-26(25)28)19-8-10-20(11-9-19)34-21-7-3-6-18(27)13-21/h2-3,6-11,13,16-17,29H,1,4-5,12,14-15H2,(H2,28,30)/t17-/m0/s1. The third kappa shape index (κ3) is 4.14. The number of likely N-dealkylation sites (tertiary alicyclic amines) is 1. The Labute approximate surface area is 197 Å². The molecule has 3 aromatic rings. The largest absolute Gasteiger partial charge is 0.457 e. The van der Waals surface area contributed by atoms with Gasteiger partial charge in [0.05, 0.1) is 12.2 Å². The number of hydrazone groups is 1. The van der Waals surface area contributed by atoms with Crippen molar-refractivity contribution in [2.24, 2.45) is 10.8 Å². The van der Waals surface area contributed by atoms with Gasteiger partial charge in [0.2, 0.25) is 5.91 Å². The summed E-state index contributed by atoms with van der Waals surface area (Å²) in [4.78, 5) is 14.1. The van der Waals surface area contributed by atoms with Crippen molar-refractivity contribution < 1.29 is 13.9 Å². The van der Waals surface area contributed by atoms with Crippen molar-refractivity contribution >= 4 is 11.7 Å². The molecular weight excluding hydrogens is 433 g/mol. The maximum absolute atomic E-state index is 13.5. The number of carbonyl (C=O) groups is 1. The van der Waals surface area contributed by atoms with Crippen molar-refractivity contribution in [2.75, 3.05) is 13.1 Å². The van der Waals surface area contributed by atoms with Crippen LogP contribution in [0.15, 0.2) is 72.5 Å². The SMILES string of the molecule is C=CC(=O)N1CCC[C@H](c2cn(-c3ccc(Oc4cccc(F)c4)cc3)c3c2CNN=C3N)C1. The van der Waals surface area contributed by atoms with Crippen LogP contribution in [0, 0.1) is 5.82 Å². The summed E-state index contributed by atoms with van der Waals surface area (Å²) in [5.41, 5.74) is 13.4. The number of benzene rings is 2. The molecule has 2 aliphatic rings. The Bertz CT molecular complexity index is 1260. The molecule has 7 nitrogen and oxygen atoms in total. The van der Waals surface area contributed by atoms with E-state index < -0.39 is 0 Å². The number of aromatic nitrogens is 1. The molecule has 0 bridgehead atoms. The number of hydrogen-bond donors (Lipinski definition) is 2. The number of nitrogens with two attached hydrogens (primary N) is 1. The molecule has 174 valence electrons. The molecule has 1 saturated heterocycles. The Morgan fingerprint density at radius 3 is 2.82 bits per heavy atom. The fraction of sp³-hybridized carbons (Fsp3) is 0.231. The molecule has 34 heavy (non-hydrogen) atoms. The van der Waals surface area contributed by atoms with E-state index in [4.69, 9.17) is 10.5 Å². The van der Waals surface area contributed by atoms with Gasteiger partial charge < -0.3 is 25.4 Å². The molecule has 1 atom stereocenters. The molecule has 0 aliphatic carbocycles. The highest BCUT2D eigenvalue weighted by molar-refractivity contribution is 5.99. The summed E-state index contributed by atoms with van der Waals surface area (Å²) >= 11 is 0. The first-order valence-electron chi connectivity index (χ1n) is 11.3. The Morgan fingerprint density at radius 1 is 1.24 bits per heavy atom. The Balaban J connectivity index is 1.46. The van der Waals surface area contributed by atoms with E-state index in [-0.39, 0.29) is 17.6 Å². The summed E-state index contributed by atoms with van der Waals surface area (Å²) in [6.07, 6.45) is 5.42. The number of piperidine rings is 1. The number of nitrogens with one attached hydrogen (secondary N) is 1. The number of amidine groups is 1. The van der Waals surface area contributed by atoms with Gasteiger partial charge in [0, 0.05) is 42.5 Å². The van der Waals surface area contributed by atoms with E-state index in [1.165, 1.54) is 23.8 Å². The van der Waals surface area contributed by atoms with Gasteiger partial charge in [0.25, 0.3) is 0 Å². The lowest BCUT2D eigenvalue weighted by Gasteiger charge is -2.32. The quantitative estimate of drug-likeness (QED) is 0.565. The third-order valence-corrected chi connectivity index (χ3v) is 6.34. The molecule has 8 heteroatoms. The topological polar surface area (TPSA) is 84.9 Å². The molecule has 0 spiro atoms. The fourth-order valence-corrected chi connectivity index (χ4v) is 4.74. The average Bonchev–Trinajstić information content (AvgIpc) is 3.25. The van der Waals surface area contributed by atoms with Gasteiger partial charge in [-0.15, -0.1) is 0 Å². The van der Waals surface area contributed by atoms with Crippen molar-refractivity contribution in [3.8, 4) is 17.2 Å². The van der Waals surface area contributed by atoms with Gasteiger partial charge >= 0.3 is 0 Å². The number of carbonyl (C=O) groups excluding carboxylic acids is 1. The molecule has 0 unspecified atom stereocenters. The zero-order chi connectivity index (χ0) is 23.7. The van der Waals surface area contributed by atoms with E-state index in [9.17, 15) is 9.18 Å². The van der Waals surface area contributed by atoms with Crippen LogP contribution >= 0.6 is 0 Å². The smallest absolute Gasteiger partial charge is 0.245 e. The van der Waals surface area contributed by atoms with Gasteiger partial charge in [0.15, 0.2) is 5.84 Å². The summed E-state index contributed by atoms with van der Waals surface area (Å²) < 4.78 is 21.3. The normalized spacial score (nSPS) is 17.4. The van der Waals surface area contributed by atoms with E-state index in [0.717, 1.165) is 36.3 Å². The number of hydrogen-bond acceptors (Lipinski definition) is 5. The maximum Gasteiger partial charge on any atom is 0.245 e. The lowest BCUT2D eigenvalue weighted by Crippen LogP contribution is -2.38. The van der Waals surface area contributed by atoms with Crippen LogP contribution in [-0.2, 0) is 11.3 Å².